The maximum absolute atomic E-state index is 14.4. The Hall–Kier alpha value is -5.21. The monoisotopic (exact) mass is 702 g/mol. The van der Waals surface area contributed by atoms with Crippen LogP contribution in [0, 0.1) is 6.92 Å². The Morgan fingerprint density at radius 3 is 2.14 bits per heavy atom. The molecule has 0 atom stereocenters. The van der Waals surface area contributed by atoms with E-state index in [0.717, 1.165) is 47.2 Å². The van der Waals surface area contributed by atoms with E-state index in [1.165, 1.54) is 42.1 Å². The molecule has 1 aliphatic heterocycles. The van der Waals surface area contributed by atoms with Crippen molar-refractivity contribution in [3.8, 4) is 33.5 Å². The fraction of sp³-hybridized carbons (Fsp3) is 0.250. The van der Waals surface area contributed by atoms with E-state index in [2.05, 4.69) is 10.00 Å². The van der Waals surface area contributed by atoms with Crippen LogP contribution >= 0.6 is 0 Å². The van der Waals surface area contributed by atoms with E-state index in [0.29, 0.717) is 22.9 Å². The summed E-state index contributed by atoms with van der Waals surface area (Å²) in [4.78, 5) is 29.9. The molecular weight excluding hydrogens is 669 g/mol. The average molecular weight is 703 g/mol. The van der Waals surface area contributed by atoms with Crippen molar-refractivity contribution < 1.29 is 21.6 Å². The highest BCUT2D eigenvalue weighted by Crippen LogP contribution is 2.40. The van der Waals surface area contributed by atoms with Crippen molar-refractivity contribution in [2.75, 3.05) is 20.1 Å². The van der Waals surface area contributed by atoms with Gasteiger partial charge in [0, 0.05) is 59.8 Å². The zero-order valence-corrected chi connectivity index (χ0v) is 28.2. The number of aryl methyl sites for hydroxylation is 2. The molecule has 258 valence electrons. The maximum Gasteiger partial charge on any atom is 0.504 e. The van der Waals surface area contributed by atoms with Gasteiger partial charge in [-0.2, -0.15) is 9.78 Å². The number of pyridine rings is 2. The lowest BCUT2D eigenvalue weighted by molar-refractivity contribution is -0.212. The molecule has 0 saturated carbocycles. The van der Waals surface area contributed by atoms with Crippen LogP contribution in [0.25, 0.3) is 44.4 Å². The van der Waals surface area contributed by atoms with Crippen LogP contribution in [-0.4, -0.2) is 56.3 Å². The van der Waals surface area contributed by atoms with Gasteiger partial charge >= 0.3 is 6.30 Å². The highest BCUT2D eigenvalue weighted by atomic mass is 32.2. The van der Waals surface area contributed by atoms with E-state index in [1.807, 2.05) is 43.6 Å². The Morgan fingerprint density at radius 2 is 1.50 bits per heavy atom. The number of aromatic nitrogens is 5. The number of nitrogens with zero attached hydrogens (tertiary/aromatic N) is 6. The molecule has 1 fully saturated rings. The van der Waals surface area contributed by atoms with Gasteiger partial charge in [-0.05, 0) is 69.2 Å². The van der Waals surface area contributed by atoms with Gasteiger partial charge in [0.25, 0.3) is 21.1 Å². The number of rotatable bonds is 6. The second kappa shape index (κ2) is 12.3. The van der Waals surface area contributed by atoms with E-state index >= 15 is 0 Å². The second-order valence-corrected chi connectivity index (χ2v) is 14.5. The molecule has 0 bridgehead atoms. The summed E-state index contributed by atoms with van der Waals surface area (Å²) >= 11 is 0. The summed E-state index contributed by atoms with van der Waals surface area (Å²) in [5.41, 5.74) is 1.42. The van der Waals surface area contributed by atoms with Crippen molar-refractivity contribution in [2.24, 2.45) is 7.05 Å². The first-order valence-electron chi connectivity index (χ1n) is 15.9. The molecule has 7 rings (SSSR count). The molecule has 0 aliphatic carbocycles. The molecular formula is C36H33F3N6O4S. The molecule has 0 spiro atoms. The van der Waals surface area contributed by atoms with Crippen LogP contribution < -0.4 is 11.1 Å². The third-order valence-corrected chi connectivity index (χ3v) is 11.1. The van der Waals surface area contributed by atoms with Crippen molar-refractivity contribution >= 4 is 20.9 Å². The van der Waals surface area contributed by atoms with Gasteiger partial charge in [-0.15, -0.1) is 13.2 Å². The molecule has 1 saturated heterocycles. The standard InChI is InChI=1S/C36H33F3N6O4S/c1-23-9-11-27(12-10-23)50(48,49)45-32(25-19-40-44(20-25)36(37,38)39)17-29-31(21-42(3)35(47)34(29)45)28-18-33(46)43(26-13-15-41(2)16-14-26)22-30(28)24-7-5-4-6-8-24/h4-12,17-22,26H,13-16H2,1-3H3. The number of likely N-dealkylation sites (tertiary alicyclic amines) is 1. The van der Waals surface area contributed by atoms with Gasteiger partial charge in [-0.25, -0.2) is 12.4 Å². The highest BCUT2D eigenvalue weighted by Gasteiger charge is 2.34. The summed E-state index contributed by atoms with van der Waals surface area (Å²) in [5.74, 6) is 0. The fourth-order valence-corrected chi connectivity index (χ4v) is 8.17. The SMILES string of the molecule is Cc1ccc(S(=O)(=O)n2c(-c3cnn(C(F)(F)F)c3)cc3c(-c4cc(=O)n(C5CCN(C)CC5)cc4-c4ccccc4)cn(C)c(=O)c32)cc1. The number of benzene rings is 2. The van der Waals surface area contributed by atoms with Crippen molar-refractivity contribution in [1.29, 1.82) is 0 Å². The van der Waals surface area contributed by atoms with Crippen LogP contribution in [0.3, 0.4) is 0 Å². The number of halogens is 3. The number of fused-ring (bicyclic) bond motifs is 1. The molecule has 6 aromatic rings. The molecule has 10 nitrogen and oxygen atoms in total. The first-order valence-corrected chi connectivity index (χ1v) is 17.4. The van der Waals surface area contributed by atoms with Crippen LogP contribution in [0.15, 0.2) is 106 Å². The summed E-state index contributed by atoms with van der Waals surface area (Å²) in [6.07, 6.45) is 1.62. The molecule has 0 radical (unpaired) electrons. The summed E-state index contributed by atoms with van der Waals surface area (Å²) < 4.78 is 73.4. The van der Waals surface area contributed by atoms with Crippen molar-refractivity contribution in [2.45, 2.75) is 37.0 Å². The Kier molecular flexibility index (Phi) is 8.18. The summed E-state index contributed by atoms with van der Waals surface area (Å²) in [6.45, 7) is 3.44. The van der Waals surface area contributed by atoms with Crippen LogP contribution in [0.2, 0.25) is 0 Å². The van der Waals surface area contributed by atoms with Gasteiger partial charge < -0.3 is 14.0 Å². The van der Waals surface area contributed by atoms with Crippen LogP contribution in [0.1, 0.15) is 24.4 Å². The predicted molar refractivity (Wildman–Crippen MR) is 184 cm³/mol. The van der Waals surface area contributed by atoms with Gasteiger partial charge in [0.05, 0.1) is 16.8 Å². The fourth-order valence-electron chi connectivity index (χ4n) is 6.64. The minimum absolute atomic E-state index is 0.0344. The van der Waals surface area contributed by atoms with Crippen LogP contribution in [0.4, 0.5) is 13.2 Å². The Morgan fingerprint density at radius 1 is 0.820 bits per heavy atom. The molecule has 5 heterocycles. The molecule has 0 unspecified atom stereocenters. The third kappa shape index (κ3) is 5.77. The zero-order chi connectivity index (χ0) is 35.5. The maximum atomic E-state index is 14.4. The molecule has 0 N–H and O–H groups in total. The number of alkyl halides is 3. The minimum atomic E-state index is -4.87. The number of piperidine rings is 1. The normalized spacial score (nSPS) is 14.8. The largest absolute Gasteiger partial charge is 0.504 e. The zero-order valence-electron chi connectivity index (χ0n) is 27.4. The Balaban J connectivity index is 1.56. The molecule has 0 amide bonds. The first-order chi connectivity index (χ1) is 23.7. The van der Waals surface area contributed by atoms with Gasteiger partial charge in [0.15, 0.2) is 0 Å². The Labute approximate surface area is 285 Å². The molecule has 4 aromatic heterocycles. The predicted octanol–water partition coefficient (Wildman–Crippen LogP) is 5.99. The number of hydrogen-bond acceptors (Lipinski definition) is 6. The lowest BCUT2D eigenvalue weighted by Crippen LogP contribution is -2.35. The minimum Gasteiger partial charge on any atom is -0.316 e. The first kappa shape index (κ1) is 33.3. The Bertz CT molecular complexity index is 2470. The van der Waals surface area contributed by atoms with E-state index in [-0.39, 0.29) is 43.3 Å². The third-order valence-electron chi connectivity index (χ3n) is 9.33. The van der Waals surface area contributed by atoms with Gasteiger partial charge in [-0.3, -0.25) is 9.59 Å². The van der Waals surface area contributed by atoms with E-state index in [9.17, 15) is 31.2 Å². The molecule has 14 heteroatoms. The van der Waals surface area contributed by atoms with Crippen molar-refractivity contribution in [1.82, 2.24) is 27.8 Å². The van der Waals surface area contributed by atoms with E-state index < -0.39 is 21.9 Å². The van der Waals surface area contributed by atoms with Crippen LogP contribution in [-0.2, 0) is 23.4 Å². The topological polar surface area (TPSA) is 104 Å². The van der Waals surface area contributed by atoms with Crippen LogP contribution in [0.5, 0.6) is 0 Å². The van der Waals surface area contributed by atoms with Gasteiger partial charge in [0.2, 0.25) is 0 Å². The molecule has 2 aromatic carbocycles. The molecule has 50 heavy (non-hydrogen) atoms. The van der Waals surface area contributed by atoms with Crippen molar-refractivity contribution in [3.05, 3.63) is 118 Å². The lowest BCUT2D eigenvalue weighted by atomic mass is 9.94. The van der Waals surface area contributed by atoms with E-state index in [1.54, 1.807) is 23.6 Å². The second-order valence-electron chi connectivity index (χ2n) is 12.7. The van der Waals surface area contributed by atoms with Crippen molar-refractivity contribution in [3.63, 3.8) is 0 Å². The quantitative estimate of drug-likeness (QED) is 0.211. The van der Waals surface area contributed by atoms with Gasteiger partial charge in [-0.1, -0.05) is 48.0 Å². The van der Waals surface area contributed by atoms with Gasteiger partial charge in [0.1, 0.15) is 5.52 Å². The smallest absolute Gasteiger partial charge is 0.316 e. The summed E-state index contributed by atoms with van der Waals surface area (Å²) in [7, 11) is -1.06. The average Bonchev–Trinajstić information content (AvgIpc) is 3.74. The highest BCUT2D eigenvalue weighted by molar-refractivity contribution is 7.90. The van der Waals surface area contributed by atoms with E-state index in [4.69, 9.17) is 0 Å². The summed E-state index contributed by atoms with van der Waals surface area (Å²) in [5, 5.41) is 3.58. The number of hydrogen-bond donors (Lipinski definition) is 0. The lowest BCUT2D eigenvalue weighted by Gasteiger charge is -2.30. The summed E-state index contributed by atoms with van der Waals surface area (Å²) in [6, 6.07) is 18.2. The molecule has 1 aliphatic rings.